The maximum atomic E-state index is 13.8. The Labute approximate surface area is 162 Å². The lowest BCUT2D eigenvalue weighted by Crippen LogP contribution is -2.13. The van der Waals surface area contributed by atoms with Gasteiger partial charge in [-0.3, -0.25) is 4.79 Å². The molecule has 0 spiro atoms. The monoisotopic (exact) mass is 482 g/mol. The van der Waals surface area contributed by atoms with Crippen molar-refractivity contribution in [2.75, 3.05) is 7.11 Å². The molecule has 1 fully saturated rings. The van der Waals surface area contributed by atoms with Gasteiger partial charge in [-0.05, 0) is 40.8 Å². The molecule has 1 saturated carbocycles. The minimum absolute atomic E-state index is 0.137. The van der Waals surface area contributed by atoms with Crippen LogP contribution in [-0.2, 0) is 25.7 Å². The first-order chi connectivity index (χ1) is 12.0. The molecule has 0 radical (unpaired) electrons. The number of carbonyl (C=O) groups is 2. The van der Waals surface area contributed by atoms with Gasteiger partial charge >= 0.3 is 11.9 Å². The van der Waals surface area contributed by atoms with E-state index < -0.39 is 47.3 Å². The molecule has 0 saturated heterocycles. The molecule has 0 bridgehead atoms. The Kier molecular flexibility index (Phi) is 6.04. The van der Waals surface area contributed by atoms with Crippen molar-refractivity contribution in [1.82, 2.24) is 0 Å². The Morgan fingerprint density at radius 1 is 1.27 bits per heavy atom. The maximum Gasteiger partial charge on any atom is 0.333 e. The molecular weight excluding hydrogens is 464 g/mol. The Balaban J connectivity index is 2.11. The molecule has 8 heteroatoms. The molecule has 1 aliphatic carbocycles. The van der Waals surface area contributed by atoms with Crippen molar-refractivity contribution >= 4 is 34.5 Å². The van der Waals surface area contributed by atoms with Gasteiger partial charge in [-0.15, -0.1) is 0 Å². The van der Waals surface area contributed by atoms with Crippen LogP contribution in [0.1, 0.15) is 26.3 Å². The van der Waals surface area contributed by atoms with E-state index in [0.717, 1.165) is 0 Å². The van der Waals surface area contributed by atoms with Crippen molar-refractivity contribution in [3.8, 4) is 0 Å². The van der Waals surface area contributed by atoms with Gasteiger partial charge in [0.05, 0.1) is 16.6 Å². The largest absolute Gasteiger partial charge is 0.466 e. The van der Waals surface area contributed by atoms with E-state index >= 15 is 0 Å². The molecule has 2 atom stereocenters. The van der Waals surface area contributed by atoms with Crippen LogP contribution in [0.2, 0.25) is 0 Å². The number of halogens is 4. The van der Waals surface area contributed by atoms with Crippen molar-refractivity contribution in [2.24, 2.45) is 17.3 Å². The number of carbonyl (C=O) groups excluding carboxylic acids is 2. The average Bonchev–Trinajstić information content (AvgIpc) is 3.12. The molecule has 4 nitrogen and oxygen atoms in total. The van der Waals surface area contributed by atoms with Crippen LogP contribution in [0.4, 0.5) is 13.2 Å². The predicted octanol–water partition coefficient (Wildman–Crippen LogP) is 4.14. The van der Waals surface area contributed by atoms with Gasteiger partial charge in [-0.1, -0.05) is 19.9 Å². The molecule has 1 aromatic rings. The first-order valence-corrected chi connectivity index (χ1v) is 8.85. The van der Waals surface area contributed by atoms with Gasteiger partial charge in [0.1, 0.15) is 12.4 Å². The van der Waals surface area contributed by atoms with Gasteiger partial charge in [0.15, 0.2) is 11.6 Å². The van der Waals surface area contributed by atoms with Crippen molar-refractivity contribution in [3.05, 3.63) is 44.3 Å². The molecule has 2 rings (SSSR count). The molecule has 26 heavy (non-hydrogen) atoms. The molecule has 1 aromatic carbocycles. The number of ether oxygens (including phenoxy) is 2. The minimum Gasteiger partial charge on any atom is -0.466 e. The van der Waals surface area contributed by atoms with Crippen LogP contribution >= 0.6 is 22.6 Å². The van der Waals surface area contributed by atoms with Crippen LogP contribution in [0.5, 0.6) is 0 Å². The minimum atomic E-state index is -1.34. The summed E-state index contributed by atoms with van der Waals surface area (Å²) in [4.78, 5) is 23.8. The third-order valence-corrected chi connectivity index (χ3v) is 5.83. The second-order valence-corrected chi connectivity index (χ2v) is 7.80. The molecule has 0 N–H and O–H groups in total. The predicted molar refractivity (Wildman–Crippen MR) is 95.4 cm³/mol. The average molecular weight is 482 g/mol. The van der Waals surface area contributed by atoms with E-state index in [4.69, 9.17) is 4.74 Å². The molecule has 142 valence electrons. The number of hydrogen-bond donors (Lipinski definition) is 0. The normalized spacial score (nSPS) is 21.3. The fourth-order valence-electron chi connectivity index (χ4n) is 2.92. The summed E-state index contributed by atoms with van der Waals surface area (Å²) >= 11 is 1.53. The SMILES string of the molecule is COC(=O)/C(C)=C/[C@@H]1[C@@H](C(=O)OCc2c(F)c(F)cc(F)c2I)C1(C)C. The molecule has 1 aliphatic rings. The van der Waals surface area contributed by atoms with Crippen LogP contribution in [-0.4, -0.2) is 19.0 Å². The fourth-order valence-corrected chi connectivity index (χ4v) is 3.47. The van der Waals surface area contributed by atoms with E-state index in [1.807, 2.05) is 13.8 Å². The Morgan fingerprint density at radius 2 is 1.88 bits per heavy atom. The van der Waals surface area contributed by atoms with Gasteiger partial charge in [0.25, 0.3) is 0 Å². The molecule has 0 unspecified atom stereocenters. The zero-order valence-electron chi connectivity index (χ0n) is 14.7. The molecule has 0 amide bonds. The van der Waals surface area contributed by atoms with E-state index in [9.17, 15) is 22.8 Å². The van der Waals surface area contributed by atoms with E-state index in [1.54, 1.807) is 13.0 Å². The van der Waals surface area contributed by atoms with Crippen molar-refractivity contribution in [1.29, 1.82) is 0 Å². The van der Waals surface area contributed by atoms with Crippen molar-refractivity contribution in [2.45, 2.75) is 27.4 Å². The summed E-state index contributed by atoms with van der Waals surface area (Å²) in [5, 5.41) is 0. The summed E-state index contributed by atoms with van der Waals surface area (Å²) in [5.74, 6) is -5.40. The van der Waals surface area contributed by atoms with Crippen LogP contribution in [0.15, 0.2) is 17.7 Å². The summed E-state index contributed by atoms with van der Waals surface area (Å²) in [6, 6.07) is 0.447. The van der Waals surface area contributed by atoms with Crippen LogP contribution < -0.4 is 0 Å². The van der Waals surface area contributed by atoms with E-state index in [0.29, 0.717) is 11.6 Å². The third kappa shape index (κ3) is 3.89. The number of esters is 2. The summed E-state index contributed by atoms with van der Waals surface area (Å²) in [6.07, 6.45) is 1.64. The van der Waals surface area contributed by atoms with Gasteiger partial charge in [0.2, 0.25) is 0 Å². The van der Waals surface area contributed by atoms with Gasteiger partial charge in [-0.25, -0.2) is 18.0 Å². The Hall–Kier alpha value is -1.58. The second-order valence-electron chi connectivity index (χ2n) is 6.72. The second kappa shape index (κ2) is 7.58. The smallest absolute Gasteiger partial charge is 0.333 e. The van der Waals surface area contributed by atoms with E-state index in [2.05, 4.69) is 4.74 Å². The lowest BCUT2D eigenvalue weighted by atomic mass is 10.1. The number of methoxy groups -OCH3 is 1. The van der Waals surface area contributed by atoms with E-state index in [1.165, 1.54) is 29.7 Å². The van der Waals surface area contributed by atoms with Crippen LogP contribution in [0, 0.1) is 38.3 Å². The number of rotatable bonds is 5. The van der Waals surface area contributed by atoms with Crippen LogP contribution in [0.3, 0.4) is 0 Å². The summed E-state index contributed by atoms with van der Waals surface area (Å²) in [5.41, 5.74) is -0.424. The summed E-state index contributed by atoms with van der Waals surface area (Å²) in [7, 11) is 1.26. The number of allylic oxidation sites excluding steroid dienone is 1. The van der Waals surface area contributed by atoms with Crippen molar-refractivity contribution < 1.29 is 32.2 Å². The quantitative estimate of drug-likeness (QED) is 0.274. The fraction of sp³-hybridized carbons (Fsp3) is 0.444. The lowest BCUT2D eigenvalue weighted by molar-refractivity contribution is -0.147. The highest BCUT2D eigenvalue weighted by atomic mass is 127. The number of hydrogen-bond acceptors (Lipinski definition) is 4. The molecule has 0 heterocycles. The first kappa shape index (κ1) is 20.7. The van der Waals surface area contributed by atoms with Gasteiger partial charge in [0, 0.05) is 17.2 Å². The highest BCUT2D eigenvalue weighted by Crippen LogP contribution is 2.60. The van der Waals surface area contributed by atoms with Crippen LogP contribution in [0.25, 0.3) is 0 Å². The van der Waals surface area contributed by atoms with Gasteiger partial charge in [-0.2, -0.15) is 0 Å². The Bertz CT molecular complexity index is 763. The maximum absolute atomic E-state index is 13.8. The molecule has 0 aromatic heterocycles. The molecular formula is C18H18F3IO4. The Morgan fingerprint density at radius 3 is 2.46 bits per heavy atom. The lowest BCUT2D eigenvalue weighted by Gasteiger charge is -2.10. The highest BCUT2D eigenvalue weighted by molar-refractivity contribution is 14.1. The van der Waals surface area contributed by atoms with Crippen molar-refractivity contribution in [3.63, 3.8) is 0 Å². The molecule has 0 aliphatic heterocycles. The third-order valence-electron chi connectivity index (χ3n) is 4.66. The highest BCUT2D eigenvalue weighted by Gasteiger charge is 2.61. The number of benzene rings is 1. The van der Waals surface area contributed by atoms with Gasteiger partial charge < -0.3 is 9.47 Å². The summed E-state index contributed by atoms with van der Waals surface area (Å²) in [6.45, 7) is 4.67. The van der Waals surface area contributed by atoms with E-state index in [-0.39, 0.29) is 15.1 Å². The zero-order chi connectivity index (χ0) is 19.8. The first-order valence-electron chi connectivity index (χ1n) is 7.77. The standard InChI is InChI=1S/C18H18F3IO4/c1-8(16(23)25-4)5-10-13(18(10,2)3)17(24)26-7-9-14(21)11(19)6-12(20)15(9)22/h5-6,10,13H,7H2,1-4H3/b8-5+/t10-,13+/m1/s1. The zero-order valence-corrected chi connectivity index (χ0v) is 16.8. The topological polar surface area (TPSA) is 52.6 Å². The summed E-state index contributed by atoms with van der Waals surface area (Å²) < 4.78 is 50.3.